The van der Waals surface area contributed by atoms with E-state index < -0.39 is 38.0 Å². The maximum atomic E-state index is 11.0. The van der Waals surface area contributed by atoms with Crippen LogP contribution in [0, 0.1) is 12.3 Å². The van der Waals surface area contributed by atoms with Crippen LogP contribution in [0.3, 0.4) is 0 Å². The van der Waals surface area contributed by atoms with E-state index in [1.54, 1.807) is 13.8 Å². The van der Waals surface area contributed by atoms with Gasteiger partial charge in [0, 0.05) is 0 Å². The second kappa shape index (κ2) is 9.71. The summed E-state index contributed by atoms with van der Waals surface area (Å²) in [6.45, 7) is 14.4. The van der Waals surface area contributed by atoms with Crippen molar-refractivity contribution in [2.75, 3.05) is 13.2 Å². The zero-order valence-corrected chi connectivity index (χ0v) is 20.8. The van der Waals surface area contributed by atoms with Crippen LogP contribution in [0.1, 0.15) is 40.2 Å². The molecule has 4 atom stereocenters. The number of aliphatic hydroxyl groups excluding tert-OH is 2. The molecule has 0 saturated carbocycles. The summed E-state index contributed by atoms with van der Waals surface area (Å²) in [5.41, 5.74) is -0.418. The lowest BCUT2D eigenvalue weighted by molar-refractivity contribution is -0.185. The zero-order valence-electron chi connectivity index (χ0n) is 19.8. The summed E-state index contributed by atoms with van der Waals surface area (Å²) in [5, 5.41) is 21.7. The van der Waals surface area contributed by atoms with Crippen LogP contribution in [0.2, 0.25) is 18.1 Å². The molecular weight excluding hydrogens is 412 g/mol. The number of terminal acetylenes is 1. The van der Waals surface area contributed by atoms with E-state index >= 15 is 0 Å². The van der Waals surface area contributed by atoms with Crippen LogP contribution in [0.5, 0.6) is 0 Å². The largest absolute Gasteiger partial charge is 0.414 e. The molecule has 1 aliphatic rings. The van der Waals surface area contributed by atoms with Crippen molar-refractivity contribution in [3.8, 4) is 12.3 Å². The molecule has 174 valence electrons. The van der Waals surface area contributed by atoms with Crippen molar-refractivity contribution in [3.63, 3.8) is 0 Å². The lowest BCUT2D eigenvalue weighted by atomic mass is 9.88. The highest BCUT2D eigenvalue weighted by Crippen LogP contribution is 2.43. The molecule has 1 aromatic carbocycles. The van der Waals surface area contributed by atoms with Gasteiger partial charge in [0.25, 0.3) is 0 Å². The number of hydrogen-bond acceptors (Lipinski definition) is 6. The Bertz CT molecular complexity index is 752. The maximum absolute atomic E-state index is 11.0. The van der Waals surface area contributed by atoms with Crippen molar-refractivity contribution < 1.29 is 28.8 Å². The Kier molecular flexibility index (Phi) is 8.15. The number of hydrogen-bond donors (Lipinski definition) is 2. The minimum absolute atomic E-state index is 0.00185. The second-order valence-electron chi connectivity index (χ2n) is 10.2. The number of aliphatic hydroxyl groups is 2. The summed E-state index contributed by atoms with van der Waals surface area (Å²) >= 11 is 0. The van der Waals surface area contributed by atoms with Crippen LogP contribution in [0.15, 0.2) is 30.3 Å². The molecule has 0 spiro atoms. The van der Waals surface area contributed by atoms with Gasteiger partial charge in [-0.05, 0) is 37.5 Å². The molecule has 31 heavy (non-hydrogen) atoms. The smallest absolute Gasteiger partial charge is 0.192 e. The quantitative estimate of drug-likeness (QED) is 0.443. The van der Waals surface area contributed by atoms with Gasteiger partial charge in [0.1, 0.15) is 18.3 Å². The first kappa shape index (κ1) is 26.0. The van der Waals surface area contributed by atoms with Gasteiger partial charge in [0.05, 0.1) is 19.8 Å². The average Bonchev–Trinajstić information content (AvgIpc) is 2.97. The molecule has 0 aromatic heterocycles. The fraction of sp³-hybridized carbons (Fsp3) is 0.667. The van der Waals surface area contributed by atoms with E-state index in [9.17, 15) is 10.2 Å². The minimum atomic E-state index is -2.19. The van der Waals surface area contributed by atoms with Gasteiger partial charge in [-0.1, -0.05) is 57.0 Å². The molecule has 1 heterocycles. The summed E-state index contributed by atoms with van der Waals surface area (Å²) in [5.74, 6) is 1.31. The second-order valence-corrected chi connectivity index (χ2v) is 15.0. The molecule has 1 fully saturated rings. The Labute approximate surface area is 188 Å². The highest BCUT2D eigenvalue weighted by molar-refractivity contribution is 6.74. The lowest BCUT2D eigenvalue weighted by Gasteiger charge is -2.42. The molecular formula is C24H38O6Si. The Hall–Kier alpha value is -1.24. The Balaban J connectivity index is 2.21. The molecule has 6 nitrogen and oxygen atoms in total. The highest BCUT2D eigenvalue weighted by atomic mass is 28.4. The summed E-state index contributed by atoms with van der Waals surface area (Å²) in [6, 6.07) is 9.69. The zero-order chi connectivity index (χ0) is 23.5. The molecule has 2 rings (SSSR count). The first-order chi connectivity index (χ1) is 14.2. The van der Waals surface area contributed by atoms with Gasteiger partial charge in [-0.25, -0.2) is 0 Å². The number of ether oxygens (including phenoxy) is 3. The van der Waals surface area contributed by atoms with Crippen molar-refractivity contribution >= 4 is 8.32 Å². The monoisotopic (exact) mass is 450 g/mol. The third kappa shape index (κ3) is 6.17. The molecule has 1 saturated heterocycles. The molecule has 7 heteroatoms. The Morgan fingerprint density at radius 1 is 1.19 bits per heavy atom. The van der Waals surface area contributed by atoms with Crippen molar-refractivity contribution in [1.82, 2.24) is 0 Å². The molecule has 1 aliphatic heterocycles. The molecule has 0 amide bonds. The fourth-order valence-corrected chi connectivity index (χ4v) is 4.38. The SMILES string of the molecule is C#CC(O)[C@]1(CO[Si](C)(C)C(C)(C)C)OC(C)(C)O[C@@H]1[C@H](O)COCc1ccccc1. The number of benzene rings is 1. The van der Waals surface area contributed by atoms with Crippen LogP contribution in [0.4, 0.5) is 0 Å². The van der Waals surface area contributed by atoms with E-state index in [0.717, 1.165) is 5.56 Å². The normalized spacial score (nSPS) is 25.7. The van der Waals surface area contributed by atoms with Gasteiger partial charge < -0.3 is 28.8 Å². The molecule has 1 aromatic rings. The first-order valence-electron chi connectivity index (χ1n) is 10.7. The number of rotatable bonds is 9. The predicted molar refractivity (Wildman–Crippen MR) is 123 cm³/mol. The predicted octanol–water partition coefficient (Wildman–Crippen LogP) is 3.47. The van der Waals surface area contributed by atoms with E-state index in [4.69, 9.17) is 25.1 Å². The standard InChI is InChI=1S/C24H38O6Si/c1-9-20(26)24(17-28-31(7,8)22(2,3)4)21(29-23(5,6)30-24)19(25)16-27-15-18-13-11-10-12-14-18/h1,10-14,19-21,25-26H,15-17H2,2-8H3/t19-,20?,21-,24+/m1/s1. The van der Waals surface area contributed by atoms with Gasteiger partial charge in [-0.3, -0.25) is 0 Å². The van der Waals surface area contributed by atoms with Crippen molar-refractivity contribution in [2.45, 2.75) is 89.1 Å². The van der Waals surface area contributed by atoms with Crippen molar-refractivity contribution in [1.29, 1.82) is 0 Å². The molecule has 0 aliphatic carbocycles. The molecule has 1 unspecified atom stereocenters. The van der Waals surface area contributed by atoms with Crippen LogP contribution in [-0.2, 0) is 25.2 Å². The van der Waals surface area contributed by atoms with Gasteiger partial charge in [0.15, 0.2) is 19.7 Å². The van der Waals surface area contributed by atoms with Gasteiger partial charge in [-0.2, -0.15) is 0 Å². The van der Waals surface area contributed by atoms with Gasteiger partial charge in [-0.15, -0.1) is 6.42 Å². The van der Waals surface area contributed by atoms with Crippen LogP contribution < -0.4 is 0 Å². The molecule has 0 bridgehead atoms. The molecule has 0 radical (unpaired) electrons. The topological polar surface area (TPSA) is 77.4 Å². The third-order valence-corrected chi connectivity index (χ3v) is 10.6. The summed E-state index contributed by atoms with van der Waals surface area (Å²) < 4.78 is 24.3. The maximum Gasteiger partial charge on any atom is 0.192 e. The fourth-order valence-electron chi connectivity index (χ4n) is 3.36. The average molecular weight is 451 g/mol. The van der Waals surface area contributed by atoms with E-state index in [1.165, 1.54) is 0 Å². The van der Waals surface area contributed by atoms with Crippen LogP contribution >= 0.6 is 0 Å². The van der Waals surface area contributed by atoms with Crippen LogP contribution in [0.25, 0.3) is 0 Å². The summed E-state index contributed by atoms with van der Waals surface area (Å²) in [7, 11) is -2.19. The third-order valence-electron chi connectivity index (χ3n) is 6.16. The van der Waals surface area contributed by atoms with E-state index in [0.29, 0.717) is 6.61 Å². The Morgan fingerprint density at radius 2 is 1.81 bits per heavy atom. The van der Waals surface area contributed by atoms with Gasteiger partial charge >= 0.3 is 0 Å². The van der Waals surface area contributed by atoms with E-state index in [1.807, 2.05) is 30.3 Å². The minimum Gasteiger partial charge on any atom is -0.414 e. The van der Waals surface area contributed by atoms with Crippen molar-refractivity contribution in [3.05, 3.63) is 35.9 Å². The van der Waals surface area contributed by atoms with Crippen LogP contribution in [-0.4, -0.2) is 61.4 Å². The van der Waals surface area contributed by atoms with Crippen molar-refractivity contribution in [2.24, 2.45) is 0 Å². The lowest BCUT2D eigenvalue weighted by Crippen LogP contribution is -2.60. The van der Waals surface area contributed by atoms with E-state index in [2.05, 4.69) is 39.8 Å². The highest BCUT2D eigenvalue weighted by Gasteiger charge is 2.60. The van der Waals surface area contributed by atoms with Gasteiger partial charge in [0.2, 0.25) is 0 Å². The first-order valence-corrected chi connectivity index (χ1v) is 13.6. The molecule has 2 N–H and O–H groups in total. The van der Waals surface area contributed by atoms with E-state index in [-0.39, 0.29) is 18.3 Å². The Morgan fingerprint density at radius 3 is 2.35 bits per heavy atom. The summed E-state index contributed by atoms with van der Waals surface area (Å²) in [6.07, 6.45) is 2.28. The summed E-state index contributed by atoms with van der Waals surface area (Å²) in [4.78, 5) is 0.